The van der Waals surface area contributed by atoms with E-state index in [2.05, 4.69) is 4.98 Å². The van der Waals surface area contributed by atoms with Crippen LogP contribution in [0.4, 0.5) is 4.39 Å². The molecule has 0 radical (unpaired) electrons. The molecule has 0 aliphatic carbocycles. The molecule has 0 aliphatic rings. The van der Waals surface area contributed by atoms with Crippen molar-refractivity contribution in [2.24, 2.45) is 0 Å². The minimum Gasteiger partial charge on any atom is -0.504 e. The van der Waals surface area contributed by atoms with Crippen LogP contribution >= 0.6 is 0 Å². The molecule has 1 aromatic heterocycles. The van der Waals surface area contributed by atoms with Gasteiger partial charge in [-0.1, -0.05) is 12.1 Å². The average molecular weight is 231 g/mol. The van der Waals surface area contributed by atoms with Gasteiger partial charge in [0.15, 0.2) is 5.75 Å². The Hall–Kier alpha value is -2.23. The molecule has 0 bridgehead atoms. The quantitative estimate of drug-likeness (QED) is 0.819. The van der Waals surface area contributed by atoms with Gasteiger partial charge in [0.1, 0.15) is 5.82 Å². The molecule has 1 aromatic carbocycles. The van der Waals surface area contributed by atoms with Gasteiger partial charge in [-0.3, -0.25) is 9.78 Å². The number of pyridine rings is 1. The number of hydrogen-bond donors (Lipinski definition) is 1. The van der Waals surface area contributed by atoms with E-state index in [-0.39, 0.29) is 5.75 Å². The van der Waals surface area contributed by atoms with Crippen LogP contribution in [0.2, 0.25) is 0 Å². The average Bonchev–Trinajstić information content (AvgIpc) is 2.46. The fourth-order valence-electron chi connectivity index (χ4n) is 1.55. The zero-order valence-corrected chi connectivity index (χ0v) is 9.14. The summed E-state index contributed by atoms with van der Waals surface area (Å²) in [6.07, 6.45) is 2.62. The van der Waals surface area contributed by atoms with E-state index in [1.54, 1.807) is 13.0 Å². The van der Waals surface area contributed by atoms with Crippen LogP contribution < -0.4 is 5.43 Å². The van der Waals surface area contributed by atoms with Crippen molar-refractivity contribution in [1.29, 1.82) is 0 Å². The summed E-state index contributed by atoms with van der Waals surface area (Å²) in [4.78, 5) is 15.0. The van der Waals surface area contributed by atoms with Crippen LogP contribution in [0, 0.1) is 12.7 Å². The predicted octanol–water partition coefficient (Wildman–Crippen LogP) is 2.26. The summed E-state index contributed by atoms with van der Waals surface area (Å²) in [5, 5.41) is 9.45. The molecule has 4 heteroatoms. The first-order valence-corrected chi connectivity index (χ1v) is 5.03. The third-order valence-corrected chi connectivity index (χ3v) is 2.53. The molecule has 1 heterocycles. The van der Waals surface area contributed by atoms with Crippen molar-refractivity contribution in [3.05, 3.63) is 58.3 Å². The van der Waals surface area contributed by atoms with Crippen LogP contribution in [0.3, 0.4) is 0 Å². The van der Waals surface area contributed by atoms with Crippen LogP contribution in [0.5, 0.6) is 5.75 Å². The van der Waals surface area contributed by atoms with Crippen molar-refractivity contribution in [3.8, 4) is 16.9 Å². The fourth-order valence-corrected chi connectivity index (χ4v) is 1.55. The highest BCUT2D eigenvalue weighted by molar-refractivity contribution is 5.66. The number of rotatable bonds is 1. The highest BCUT2D eigenvalue weighted by Crippen LogP contribution is 2.24. The molecule has 2 rings (SSSR count). The van der Waals surface area contributed by atoms with Gasteiger partial charge in [-0.15, -0.1) is 0 Å². The largest absolute Gasteiger partial charge is 0.504 e. The normalized spacial score (nSPS) is 10.2. The molecular formula is C13H10FNO2. The van der Waals surface area contributed by atoms with Crippen LogP contribution in [-0.4, -0.2) is 10.1 Å². The highest BCUT2D eigenvalue weighted by atomic mass is 19.1. The van der Waals surface area contributed by atoms with Crippen molar-refractivity contribution in [1.82, 2.24) is 4.98 Å². The summed E-state index contributed by atoms with van der Waals surface area (Å²) >= 11 is 0. The first-order valence-electron chi connectivity index (χ1n) is 5.03. The molecule has 2 aromatic rings. The summed E-state index contributed by atoms with van der Waals surface area (Å²) in [6.45, 7) is 1.62. The van der Waals surface area contributed by atoms with Crippen LogP contribution in [-0.2, 0) is 0 Å². The molecule has 0 unspecified atom stereocenters. The molecule has 86 valence electrons. The zero-order chi connectivity index (χ0) is 12.4. The molecule has 1 N–H and O–H groups in total. The van der Waals surface area contributed by atoms with Gasteiger partial charge in [-0.2, -0.15) is 0 Å². The number of hydrogen-bond acceptors (Lipinski definition) is 3. The molecule has 0 atom stereocenters. The second kappa shape index (κ2) is 4.33. The van der Waals surface area contributed by atoms with Gasteiger partial charge in [-0.05, 0) is 30.2 Å². The maximum atomic E-state index is 13.4. The Labute approximate surface area is 97.2 Å². The standard InChI is InChI=1S/C13H10FNO2/c1-8-10(6-15-7-11(8)14)9-3-2-4-12(16)13(17)5-9/h2-7H,1H3,(H,16,17). The van der Waals surface area contributed by atoms with Crippen molar-refractivity contribution in [3.63, 3.8) is 0 Å². The highest BCUT2D eigenvalue weighted by Gasteiger charge is 2.07. The van der Waals surface area contributed by atoms with Crippen molar-refractivity contribution < 1.29 is 9.50 Å². The fraction of sp³-hybridized carbons (Fsp3) is 0.0769. The second-order valence-electron chi connectivity index (χ2n) is 3.67. The number of aromatic hydroxyl groups is 1. The van der Waals surface area contributed by atoms with E-state index < -0.39 is 11.2 Å². The van der Waals surface area contributed by atoms with E-state index in [0.717, 1.165) is 6.20 Å². The Morgan fingerprint density at radius 1 is 1.29 bits per heavy atom. The molecule has 0 spiro atoms. The number of halogens is 1. The van der Waals surface area contributed by atoms with Gasteiger partial charge in [0.05, 0.1) is 6.20 Å². The van der Waals surface area contributed by atoms with Gasteiger partial charge in [0.25, 0.3) is 0 Å². The number of nitrogens with zero attached hydrogens (tertiary/aromatic N) is 1. The van der Waals surface area contributed by atoms with Gasteiger partial charge < -0.3 is 5.11 Å². The van der Waals surface area contributed by atoms with E-state index in [1.165, 1.54) is 24.4 Å². The summed E-state index contributed by atoms with van der Waals surface area (Å²) in [7, 11) is 0. The zero-order valence-electron chi connectivity index (χ0n) is 9.14. The van der Waals surface area contributed by atoms with Gasteiger partial charge in [-0.25, -0.2) is 4.39 Å². The molecule has 0 aliphatic heterocycles. The Kier molecular flexibility index (Phi) is 2.87. The first kappa shape index (κ1) is 11.3. The maximum Gasteiger partial charge on any atom is 0.220 e. The van der Waals surface area contributed by atoms with E-state index in [9.17, 15) is 14.3 Å². The molecule has 0 fully saturated rings. The van der Waals surface area contributed by atoms with E-state index in [4.69, 9.17) is 0 Å². The molecule has 0 saturated carbocycles. The lowest BCUT2D eigenvalue weighted by Crippen LogP contribution is -1.92. The van der Waals surface area contributed by atoms with Crippen molar-refractivity contribution in [2.45, 2.75) is 6.92 Å². The monoisotopic (exact) mass is 231 g/mol. The van der Waals surface area contributed by atoms with Crippen molar-refractivity contribution in [2.75, 3.05) is 0 Å². The predicted molar refractivity (Wildman–Crippen MR) is 62.3 cm³/mol. The van der Waals surface area contributed by atoms with Gasteiger partial charge >= 0.3 is 0 Å². The Morgan fingerprint density at radius 3 is 2.82 bits per heavy atom. The van der Waals surface area contributed by atoms with Gasteiger partial charge in [0.2, 0.25) is 5.43 Å². The summed E-state index contributed by atoms with van der Waals surface area (Å²) in [5.74, 6) is -0.787. The number of aromatic nitrogens is 1. The SMILES string of the molecule is Cc1c(F)cncc1-c1cccc(=O)c(O)c1. The molecule has 0 saturated heterocycles. The van der Waals surface area contributed by atoms with E-state index in [0.29, 0.717) is 16.7 Å². The topological polar surface area (TPSA) is 50.2 Å². The molecule has 0 amide bonds. The summed E-state index contributed by atoms with van der Waals surface area (Å²) in [5.41, 5.74) is 1.06. The molecule has 17 heavy (non-hydrogen) atoms. The lowest BCUT2D eigenvalue weighted by atomic mass is 10.0. The molecular weight excluding hydrogens is 221 g/mol. The lowest BCUT2D eigenvalue weighted by Gasteiger charge is -2.04. The lowest BCUT2D eigenvalue weighted by molar-refractivity contribution is 0.471. The van der Waals surface area contributed by atoms with Crippen LogP contribution in [0.15, 0.2) is 41.5 Å². The van der Waals surface area contributed by atoms with Crippen LogP contribution in [0.25, 0.3) is 11.1 Å². The van der Waals surface area contributed by atoms with Crippen LogP contribution in [0.1, 0.15) is 5.56 Å². The summed E-state index contributed by atoms with van der Waals surface area (Å²) in [6, 6.07) is 5.71. The molecule has 3 nitrogen and oxygen atoms in total. The summed E-state index contributed by atoms with van der Waals surface area (Å²) < 4.78 is 13.4. The van der Waals surface area contributed by atoms with Gasteiger partial charge in [0, 0.05) is 11.8 Å². The third kappa shape index (κ3) is 2.15. The minimum absolute atomic E-state index is 0.367. The Balaban J connectivity index is 2.70. The Bertz CT molecular complexity index is 626. The Morgan fingerprint density at radius 2 is 2.06 bits per heavy atom. The smallest absolute Gasteiger partial charge is 0.220 e. The van der Waals surface area contributed by atoms with E-state index in [1.807, 2.05) is 0 Å². The minimum atomic E-state index is -0.474. The second-order valence-corrected chi connectivity index (χ2v) is 3.67. The maximum absolute atomic E-state index is 13.4. The third-order valence-electron chi connectivity index (χ3n) is 2.53. The van der Waals surface area contributed by atoms with E-state index >= 15 is 0 Å². The first-order chi connectivity index (χ1) is 8.09. The van der Waals surface area contributed by atoms with Crippen molar-refractivity contribution >= 4 is 0 Å².